The van der Waals surface area contributed by atoms with Gasteiger partial charge in [-0.1, -0.05) is 0 Å². The van der Waals surface area contributed by atoms with Crippen molar-refractivity contribution in [3.63, 3.8) is 0 Å². The second kappa shape index (κ2) is 6.33. The average Bonchev–Trinajstić information content (AvgIpc) is 2.72. The lowest BCUT2D eigenvalue weighted by molar-refractivity contribution is 0.467. The summed E-state index contributed by atoms with van der Waals surface area (Å²) in [5.74, 6) is 2.11. The van der Waals surface area contributed by atoms with Crippen molar-refractivity contribution >= 4 is 31.9 Å². The predicted molar refractivity (Wildman–Crippen MR) is 86.9 cm³/mol. The van der Waals surface area contributed by atoms with Crippen LogP contribution in [0.25, 0.3) is 0 Å². The molecule has 2 aromatic rings. The first-order valence-corrected chi connectivity index (χ1v) is 7.94. The van der Waals surface area contributed by atoms with E-state index in [1.807, 2.05) is 26.0 Å². The second-order valence-corrected chi connectivity index (χ2v) is 6.59. The van der Waals surface area contributed by atoms with Crippen molar-refractivity contribution in [1.29, 1.82) is 0 Å². The average molecular weight is 403 g/mol. The number of hydrogen-bond donors (Lipinski definition) is 2. The van der Waals surface area contributed by atoms with Crippen LogP contribution in [0.2, 0.25) is 0 Å². The Morgan fingerprint density at radius 2 is 1.80 bits per heavy atom. The van der Waals surface area contributed by atoms with Crippen LogP contribution in [0.1, 0.15) is 35.6 Å². The molecule has 1 unspecified atom stereocenters. The molecule has 0 fully saturated rings. The highest BCUT2D eigenvalue weighted by molar-refractivity contribution is 9.11. The third-order valence-corrected chi connectivity index (χ3v) is 4.44. The van der Waals surface area contributed by atoms with Crippen molar-refractivity contribution < 1.29 is 9.52 Å². The van der Waals surface area contributed by atoms with Gasteiger partial charge in [-0.15, -0.1) is 0 Å². The van der Waals surface area contributed by atoms with Crippen LogP contribution in [-0.2, 0) is 6.54 Å². The van der Waals surface area contributed by atoms with E-state index in [0.29, 0.717) is 15.5 Å². The minimum atomic E-state index is 0.207. The largest absolute Gasteiger partial charge is 0.506 e. The topological polar surface area (TPSA) is 45.4 Å². The maximum atomic E-state index is 9.70. The molecule has 0 saturated carbocycles. The first kappa shape index (κ1) is 15.6. The number of hydrogen-bond acceptors (Lipinski definition) is 3. The highest BCUT2D eigenvalue weighted by atomic mass is 79.9. The van der Waals surface area contributed by atoms with E-state index in [2.05, 4.69) is 50.2 Å². The van der Waals surface area contributed by atoms with Crippen LogP contribution in [0, 0.1) is 13.8 Å². The molecule has 0 amide bonds. The van der Waals surface area contributed by atoms with Gasteiger partial charge < -0.3 is 14.8 Å². The van der Waals surface area contributed by atoms with Crippen molar-refractivity contribution in [2.24, 2.45) is 0 Å². The van der Waals surface area contributed by atoms with Gasteiger partial charge in [-0.25, -0.2) is 0 Å². The lowest BCUT2D eigenvalue weighted by atomic mass is 10.1. The van der Waals surface area contributed by atoms with Crippen molar-refractivity contribution in [1.82, 2.24) is 5.32 Å². The summed E-state index contributed by atoms with van der Waals surface area (Å²) in [6.45, 7) is 6.76. The van der Waals surface area contributed by atoms with Crippen molar-refractivity contribution in [2.75, 3.05) is 0 Å². The summed E-state index contributed by atoms with van der Waals surface area (Å²) in [5, 5.41) is 13.2. The molecule has 0 aliphatic rings. The summed E-state index contributed by atoms with van der Waals surface area (Å²) in [6, 6.07) is 6.09. The molecule has 1 atom stereocenters. The standard InChI is InChI=1S/C15H17Br2NO2/c1-8-4-12(10(3)20-8)9(2)18-7-11-5-13(16)15(19)14(17)6-11/h4-6,9,18-19H,7H2,1-3H3. The molecular weight excluding hydrogens is 386 g/mol. The van der Waals surface area contributed by atoms with Gasteiger partial charge in [0.25, 0.3) is 0 Å². The third-order valence-electron chi connectivity index (χ3n) is 3.23. The van der Waals surface area contributed by atoms with Crippen LogP contribution in [0.3, 0.4) is 0 Å². The number of aromatic hydroxyl groups is 1. The molecule has 0 radical (unpaired) electrons. The molecule has 20 heavy (non-hydrogen) atoms. The molecule has 0 aliphatic heterocycles. The van der Waals surface area contributed by atoms with E-state index < -0.39 is 0 Å². The van der Waals surface area contributed by atoms with Gasteiger partial charge in [-0.05, 0) is 76.4 Å². The van der Waals surface area contributed by atoms with Crippen LogP contribution in [0.5, 0.6) is 5.75 Å². The zero-order valence-electron chi connectivity index (χ0n) is 11.6. The summed E-state index contributed by atoms with van der Waals surface area (Å²) in [4.78, 5) is 0. The van der Waals surface area contributed by atoms with Gasteiger partial charge >= 0.3 is 0 Å². The zero-order valence-corrected chi connectivity index (χ0v) is 14.8. The maximum absolute atomic E-state index is 9.70. The zero-order chi connectivity index (χ0) is 14.9. The Morgan fingerprint density at radius 3 is 2.30 bits per heavy atom. The molecule has 0 spiro atoms. The SMILES string of the molecule is Cc1cc(C(C)NCc2cc(Br)c(O)c(Br)c2)c(C)o1. The van der Waals surface area contributed by atoms with Crippen LogP contribution < -0.4 is 5.32 Å². The van der Waals surface area contributed by atoms with E-state index in [4.69, 9.17) is 4.42 Å². The fourth-order valence-corrected chi connectivity index (χ4v) is 3.46. The van der Waals surface area contributed by atoms with E-state index in [-0.39, 0.29) is 11.8 Å². The number of benzene rings is 1. The fraction of sp³-hybridized carbons (Fsp3) is 0.333. The highest BCUT2D eigenvalue weighted by Gasteiger charge is 2.13. The molecule has 0 bridgehead atoms. The number of phenolic OH excluding ortho intramolecular Hbond substituents is 1. The predicted octanol–water partition coefficient (Wildman–Crippen LogP) is 4.98. The lowest BCUT2D eigenvalue weighted by Gasteiger charge is -2.14. The number of furan rings is 1. The highest BCUT2D eigenvalue weighted by Crippen LogP contribution is 2.33. The van der Waals surface area contributed by atoms with Crippen LogP contribution in [-0.4, -0.2) is 5.11 Å². The summed E-state index contributed by atoms with van der Waals surface area (Å²) in [5.41, 5.74) is 2.27. The molecule has 0 aliphatic carbocycles. The smallest absolute Gasteiger partial charge is 0.143 e. The molecule has 2 rings (SSSR count). The molecule has 1 heterocycles. The normalized spacial score (nSPS) is 12.7. The van der Waals surface area contributed by atoms with Crippen LogP contribution in [0.15, 0.2) is 31.6 Å². The minimum absolute atomic E-state index is 0.207. The van der Waals surface area contributed by atoms with Gasteiger partial charge in [-0.2, -0.15) is 0 Å². The van der Waals surface area contributed by atoms with Gasteiger partial charge in [0.15, 0.2) is 0 Å². The molecule has 1 aromatic heterocycles. The number of nitrogens with one attached hydrogen (secondary N) is 1. The van der Waals surface area contributed by atoms with Crippen molar-refractivity contribution in [2.45, 2.75) is 33.4 Å². The Bertz CT molecular complexity index is 599. The molecular formula is C15H17Br2NO2. The molecule has 0 saturated heterocycles. The van der Waals surface area contributed by atoms with E-state index in [1.54, 1.807) is 0 Å². The van der Waals surface area contributed by atoms with E-state index in [0.717, 1.165) is 17.1 Å². The number of aryl methyl sites for hydroxylation is 2. The van der Waals surface area contributed by atoms with Crippen LogP contribution in [0.4, 0.5) is 0 Å². The molecule has 3 nitrogen and oxygen atoms in total. The molecule has 5 heteroatoms. The molecule has 2 N–H and O–H groups in total. The van der Waals surface area contributed by atoms with E-state index in [9.17, 15) is 5.11 Å². The summed E-state index contributed by atoms with van der Waals surface area (Å²) >= 11 is 6.68. The van der Waals surface area contributed by atoms with Crippen molar-refractivity contribution in [3.05, 3.63) is 49.8 Å². The van der Waals surface area contributed by atoms with Crippen LogP contribution >= 0.6 is 31.9 Å². The van der Waals surface area contributed by atoms with E-state index in [1.165, 1.54) is 5.56 Å². The summed E-state index contributed by atoms with van der Waals surface area (Å²) in [7, 11) is 0. The van der Waals surface area contributed by atoms with E-state index >= 15 is 0 Å². The Kier molecular flexibility index (Phi) is 4.94. The van der Waals surface area contributed by atoms with Gasteiger partial charge in [0.05, 0.1) is 8.95 Å². The first-order valence-electron chi connectivity index (χ1n) is 6.35. The Balaban J connectivity index is 2.07. The van der Waals surface area contributed by atoms with Gasteiger partial charge in [0.1, 0.15) is 17.3 Å². The quantitative estimate of drug-likeness (QED) is 0.758. The minimum Gasteiger partial charge on any atom is -0.506 e. The number of halogens is 2. The first-order chi connectivity index (χ1) is 9.38. The number of rotatable bonds is 4. The Labute approximate surface area is 135 Å². The van der Waals surface area contributed by atoms with Gasteiger partial charge in [0.2, 0.25) is 0 Å². The lowest BCUT2D eigenvalue weighted by Crippen LogP contribution is -2.18. The fourth-order valence-electron chi connectivity index (χ4n) is 2.18. The van der Waals surface area contributed by atoms with Gasteiger partial charge in [0, 0.05) is 18.2 Å². The Hall–Kier alpha value is -0.780. The van der Waals surface area contributed by atoms with Crippen molar-refractivity contribution in [3.8, 4) is 5.75 Å². The Morgan fingerprint density at radius 1 is 1.20 bits per heavy atom. The van der Waals surface area contributed by atoms with Gasteiger partial charge in [-0.3, -0.25) is 0 Å². The summed E-state index contributed by atoms with van der Waals surface area (Å²) < 4.78 is 6.93. The third kappa shape index (κ3) is 3.45. The monoisotopic (exact) mass is 401 g/mol. The molecule has 1 aromatic carbocycles. The second-order valence-electron chi connectivity index (χ2n) is 4.88. The summed E-state index contributed by atoms with van der Waals surface area (Å²) in [6.07, 6.45) is 0. The number of phenols is 1. The maximum Gasteiger partial charge on any atom is 0.143 e. The molecule has 108 valence electrons.